The Kier molecular flexibility index (Phi) is 5.22. The average molecular weight is 371 g/mol. The van der Waals surface area contributed by atoms with Gasteiger partial charge in [0.25, 0.3) is 0 Å². The van der Waals surface area contributed by atoms with Gasteiger partial charge in [0.2, 0.25) is 10.0 Å². The average Bonchev–Trinajstić information content (AvgIpc) is 3.06. The minimum absolute atomic E-state index is 0.136. The SMILES string of the molecule is C[C@H](O)c1ccc(S(=O)(=O)N[C@H](c2ccccc2)c2nccn2C)cc1. The number of sulfonamides is 1. The number of imidazole rings is 1. The second-order valence-electron chi connectivity index (χ2n) is 6.11. The van der Waals surface area contributed by atoms with Gasteiger partial charge in [-0.25, -0.2) is 13.4 Å². The van der Waals surface area contributed by atoms with E-state index in [1.165, 1.54) is 12.1 Å². The Morgan fingerprint density at radius 1 is 1.04 bits per heavy atom. The second kappa shape index (κ2) is 7.41. The molecule has 0 radical (unpaired) electrons. The highest BCUT2D eigenvalue weighted by Gasteiger charge is 2.25. The smallest absolute Gasteiger partial charge is 0.241 e. The zero-order chi connectivity index (χ0) is 18.7. The number of aliphatic hydroxyl groups excluding tert-OH is 1. The van der Waals surface area contributed by atoms with Gasteiger partial charge in [0.05, 0.1) is 11.0 Å². The monoisotopic (exact) mass is 371 g/mol. The molecule has 0 spiro atoms. The van der Waals surface area contributed by atoms with Crippen molar-refractivity contribution in [3.05, 3.63) is 83.9 Å². The van der Waals surface area contributed by atoms with Crippen LogP contribution >= 0.6 is 0 Å². The number of hydrogen-bond acceptors (Lipinski definition) is 4. The van der Waals surface area contributed by atoms with Gasteiger partial charge in [-0.3, -0.25) is 0 Å². The quantitative estimate of drug-likeness (QED) is 0.697. The van der Waals surface area contributed by atoms with Crippen LogP contribution in [-0.2, 0) is 17.1 Å². The number of benzene rings is 2. The van der Waals surface area contributed by atoms with Gasteiger partial charge in [-0.1, -0.05) is 42.5 Å². The van der Waals surface area contributed by atoms with Crippen LogP contribution in [0.5, 0.6) is 0 Å². The number of aryl methyl sites for hydroxylation is 1. The maximum absolute atomic E-state index is 12.9. The highest BCUT2D eigenvalue weighted by molar-refractivity contribution is 7.89. The predicted octanol–water partition coefficient (Wildman–Crippen LogP) is 2.54. The van der Waals surface area contributed by atoms with E-state index in [1.807, 2.05) is 37.4 Å². The molecule has 7 heteroatoms. The Bertz CT molecular complexity index is 965. The van der Waals surface area contributed by atoms with E-state index in [2.05, 4.69) is 9.71 Å². The zero-order valence-electron chi connectivity index (χ0n) is 14.6. The minimum Gasteiger partial charge on any atom is -0.389 e. The van der Waals surface area contributed by atoms with Crippen molar-refractivity contribution in [2.45, 2.75) is 24.0 Å². The second-order valence-corrected chi connectivity index (χ2v) is 7.82. The van der Waals surface area contributed by atoms with Crippen molar-refractivity contribution in [3.63, 3.8) is 0 Å². The summed E-state index contributed by atoms with van der Waals surface area (Å²) in [5.41, 5.74) is 1.46. The minimum atomic E-state index is -3.78. The molecule has 2 N–H and O–H groups in total. The Morgan fingerprint density at radius 2 is 1.69 bits per heavy atom. The van der Waals surface area contributed by atoms with Crippen LogP contribution in [0.15, 0.2) is 71.9 Å². The van der Waals surface area contributed by atoms with E-state index >= 15 is 0 Å². The fourth-order valence-electron chi connectivity index (χ4n) is 2.72. The van der Waals surface area contributed by atoms with Crippen molar-refractivity contribution in [1.29, 1.82) is 0 Å². The van der Waals surface area contributed by atoms with Crippen molar-refractivity contribution < 1.29 is 13.5 Å². The maximum Gasteiger partial charge on any atom is 0.241 e. The molecule has 0 saturated heterocycles. The molecule has 1 heterocycles. The number of aromatic nitrogens is 2. The number of hydrogen-bond donors (Lipinski definition) is 2. The summed E-state index contributed by atoms with van der Waals surface area (Å²) in [6, 6.07) is 14.9. The molecule has 136 valence electrons. The first-order chi connectivity index (χ1) is 12.4. The number of aliphatic hydroxyl groups is 1. The van der Waals surface area contributed by atoms with Crippen molar-refractivity contribution in [2.75, 3.05) is 0 Å². The van der Waals surface area contributed by atoms with Gasteiger partial charge >= 0.3 is 0 Å². The molecule has 3 rings (SSSR count). The van der Waals surface area contributed by atoms with Gasteiger partial charge < -0.3 is 9.67 Å². The summed E-state index contributed by atoms with van der Waals surface area (Å²) in [6.45, 7) is 1.63. The van der Waals surface area contributed by atoms with Gasteiger partial charge in [0.1, 0.15) is 11.9 Å². The van der Waals surface area contributed by atoms with Crippen molar-refractivity contribution in [2.24, 2.45) is 7.05 Å². The van der Waals surface area contributed by atoms with Crippen LogP contribution in [0, 0.1) is 0 Å². The molecule has 0 amide bonds. The summed E-state index contributed by atoms with van der Waals surface area (Å²) in [5.74, 6) is 0.598. The lowest BCUT2D eigenvalue weighted by atomic mass is 10.1. The molecule has 0 aliphatic rings. The molecule has 0 aliphatic carbocycles. The van der Waals surface area contributed by atoms with Gasteiger partial charge in [0.15, 0.2) is 0 Å². The van der Waals surface area contributed by atoms with Crippen molar-refractivity contribution in [3.8, 4) is 0 Å². The van der Waals surface area contributed by atoms with Gasteiger partial charge in [-0.15, -0.1) is 0 Å². The van der Waals surface area contributed by atoms with Crippen LogP contribution in [0.25, 0.3) is 0 Å². The molecule has 3 aromatic rings. The van der Waals surface area contributed by atoms with E-state index in [9.17, 15) is 13.5 Å². The molecule has 26 heavy (non-hydrogen) atoms. The molecule has 0 fully saturated rings. The first-order valence-electron chi connectivity index (χ1n) is 8.21. The predicted molar refractivity (Wildman–Crippen MR) is 98.9 cm³/mol. The topological polar surface area (TPSA) is 84.2 Å². The summed E-state index contributed by atoms with van der Waals surface area (Å²) in [5, 5.41) is 9.59. The molecule has 6 nitrogen and oxygen atoms in total. The maximum atomic E-state index is 12.9. The van der Waals surface area contributed by atoms with Crippen LogP contribution < -0.4 is 4.72 Å². The van der Waals surface area contributed by atoms with E-state index in [0.717, 1.165) is 5.56 Å². The Morgan fingerprint density at radius 3 is 2.23 bits per heavy atom. The molecular formula is C19H21N3O3S. The zero-order valence-corrected chi connectivity index (χ0v) is 15.4. The Labute approximate surface area is 153 Å². The third-order valence-corrected chi connectivity index (χ3v) is 5.63. The fourth-order valence-corrected chi connectivity index (χ4v) is 3.90. The van der Waals surface area contributed by atoms with Gasteiger partial charge in [-0.05, 0) is 30.2 Å². The lowest BCUT2D eigenvalue weighted by Gasteiger charge is -2.19. The Balaban J connectivity index is 1.97. The normalized spacial score (nSPS) is 14.1. The number of nitrogens with zero attached hydrogens (tertiary/aromatic N) is 2. The molecule has 0 saturated carbocycles. The van der Waals surface area contributed by atoms with Crippen LogP contribution in [0.2, 0.25) is 0 Å². The highest BCUT2D eigenvalue weighted by atomic mass is 32.2. The first-order valence-corrected chi connectivity index (χ1v) is 9.69. The third kappa shape index (κ3) is 3.85. The van der Waals surface area contributed by atoms with E-state index in [4.69, 9.17) is 0 Å². The molecule has 2 atom stereocenters. The molecular weight excluding hydrogens is 350 g/mol. The number of nitrogens with one attached hydrogen (secondary N) is 1. The van der Waals surface area contributed by atoms with Crippen LogP contribution in [0.3, 0.4) is 0 Å². The summed E-state index contributed by atoms with van der Waals surface area (Å²) in [7, 11) is -1.95. The lowest BCUT2D eigenvalue weighted by molar-refractivity contribution is 0.199. The fraction of sp³-hybridized carbons (Fsp3) is 0.211. The standard InChI is InChI=1S/C19H21N3O3S/c1-14(23)15-8-10-17(11-9-15)26(24,25)21-18(16-6-4-3-5-7-16)19-20-12-13-22(19)2/h3-14,18,21,23H,1-2H3/t14-,18+/m0/s1. The lowest BCUT2D eigenvalue weighted by Crippen LogP contribution is -2.31. The summed E-state index contributed by atoms with van der Waals surface area (Å²) >= 11 is 0. The largest absolute Gasteiger partial charge is 0.389 e. The molecule has 0 unspecified atom stereocenters. The van der Waals surface area contributed by atoms with Crippen molar-refractivity contribution >= 4 is 10.0 Å². The first kappa shape index (κ1) is 18.3. The molecule has 2 aromatic carbocycles. The van der Waals surface area contributed by atoms with Gasteiger partial charge in [-0.2, -0.15) is 4.72 Å². The van der Waals surface area contributed by atoms with Crippen LogP contribution in [-0.4, -0.2) is 23.1 Å². The van der Waals surface area contributed by atoms with E-state index in [-0.39, 0.29) is 4.90 Å². The van der Waals surface area contributed by atoms with Gasteiger partial charge in [0, 0.05) is 19.4 Å². The number of rotatable bonds is 6. The molecule has 0 bridgehead atoms. The van der Waals surface area contributed by atoms with E-state index in [1.54, 1.807) is 36.0 Å². The van der Waals surface area contributed by atoms with E-state index < -0.39 is 22.2 Å². The Hall–Kier alpha value is -2.48. The van der Waals surface area contributed by atoms with Crippen LogP contribution in [0.4, 0.5) is 0 Å². The summed E-state index contributed by atoms with van der Waals surface area (Å²) < 4.78 is 30.3. The summed E-state index contributed by atoms with van der Waals surface area (Å²) in [4.78, 5) is 4.45. The van der Waals surface area contributed by atoms with Crippen LogP contribution in [0.1, 0.15) is 36.0 Å². The summed E-state index contributed by atoms with van der Waals surface area (Å²) in [6.07, 6.45) is 2.76. The highest BCUT2D eigenvalue weighted by Crippen LogP contribution is 2.24. The molecule has 1 aromatic heterocycles. The molecule has 0 aliphatic heterocycles. The third-order valence-electron chi connectivity index (χ3n) is 4.20. The van der Waals surface area contributed by atoms with E-state index in [0.29, 0.717) is 11.4 Å². The van der Waals surface area contributed by atoms with Crippen molar-refractivity contribution in [1.82, 2.24) is 14.3 Å².